The molecule has 0 amide bonds. The molecule has 1 aromatic carbocycles. The van der Waals surface area contributed by atoms with Crippen molar-refractivity contribution < 1.29 is 24.3 Å². The average Bonchev–Trinajstić information content (AvgIpc) is 2.67. The highest BCUT2D eigenvalue weighted by atomic mass is 16.5. The Hall–Kier alpha value is -1.59. The Bertz CT molecular complexity index is 576. The van der Waals surface area contributed by atoms with E-state index in [0.717, 1.165) is 38.1 Å². The highest BCUT2D eigenvalue weighted by molar-refractivity contribution is 5.72. The first kappa shape index (κ1) is 21.7. The third-order valence-corrected chi connectivity index (χ3v) is 5.80. The van der Waals surface area contributed by atoms with Crippen LogP contribution >= 0.6 is 0 Å². The van der Waals surface area contributed by atoms with Gasteiger partial charge in [-0.2, -0.15) is 0 Å². The molecule has 0 bridgehead atoms. The molecule has 1 aliphatic rings. The van der Waals surface area contributed by atoms with Gasteiger partial charge in [0.2, 0.25) is 0 Å². The van der Waals surface area contributed by atoms with E-state index in [-0.39, 0.29) is 17.3 Å². The maximum atomic E-state index is 11.8. The number of carbonyl (C=O) groups is 1. The predicted octanol–water partition coefficient (Wildman–Crippen LogP) is 1.97. The molecule has 5 nitrogen and oxygen atoms in total. The van der Waals surface area contributed by atoms with Gasteiger partial charge >= 0.3 is 5.97 Å². The molecule has 1 aliphatic heterocycles. The molecule has 1 aromatic rings. The lowest BCUT2D eigenvalue weighted by Gasteiger charge is -2.29. The summed E-state index contributed by atoms with van der Waals surface area (Å²) in [4.78, 5) is 13.1. The summed E-state index contributed by atoms with van der Waals surface area (Å²) in [5, 5.41) is 10.3. The fourth-order valence-electron chi connectivity index (χ4n) is 3.52. The Balaban J connectivity index is 1.72. The van der Waals surface area contributed by atoms with Gasteiger partial charge in [0, 0.05) is 12.8 Å². The minimum atomic E-state index is -0.508. The molecule has 5 heteroatoms. The van der Waals surface area contributed by atoms with Crippen LogP contribution in [0.25, 0.3) is 0 Å². The van der Waals surface area contributed by atoms with Crippen molar-refractivity contribution in [1.29, 1.82) is 0 Å². The predicted molar refractivity (Wildman–Crippen MR) is 106 cm³/mol. The van der Waals surface area contributed by atoms with Gasteiger partial charge in [0.1, 0.15) is 25.0 Å². The van der Waals surface area contributed by atoms with Crippen LogP contribution in [0.3, 0.4) is 0 Å². The smallest absolute Gasteiger partial charge is 0.309 e. The van der Waals surface area contributed by atoms with Crippen LogP contribution in [0, 0.1) is 5.92 Å². The minimum Gasteiger partial charge on any atom is -0.491 e. The Kier molecular flexibility index (Phi) is 8.11. The second kappa shape index (κ2) is 10.1. The van der Waals surface area contributed by atoms with Gasteiger partial charge in [0.05, 0.1) is 25.6 Å². The molecule has 1 heterocycles. The number of likely N-dealkylation sites (tertiary alicyclic amines) is 1. The maximum absolute atomic E-state index is 11.8. The summed E-state index contributed by atoms with van der Waals surface area (Å²) in [6.45, 7) is 11.7. The molecule has 0 aromatic heterocycles. The van der Waals surface area contributed by atoms with E-state index in [1.165, 1.54) is 10.5 Å². The van der Waals surface area contributed by atoms with E-state index < -0.39 is 6.10 Å². The number of carbonyl (C=O) groups excluding carboxylic acids is 1. The fourth-order valence-corrected chi connectivity index (χ4v) is 3.52. The highest BCUT2D eigenvalue weighted by Crippen LogP contribution is 2.28. The third kappa shape index (κ3) is 6.51. The lowest BCUT2D eigenvalue weighted by atomic mass is 9.82. The van der Waals surface area contributed by atoms with E-state index in [0.29, 0.717) is 19.8 Å². The molecule has 1 atom stereocenters. The molecule has 1 saturated heterocycles. The number of rotatable bonds is 9. The second-order valence-electron chi connectivity index (χ2n) is 8.21. The van der Waals surface area contributed by atoms with Crippen LogP contribution in [0.2, 0.25) is 0 Å². The van der Waals surface area contributed by atoms with E-state index in [4.69, 9.17) is 9.47 Å². The minimum absolute atomic E-state index is 0.0213. The van der Waals surface area contributed by atoms with Gasteiger partial charge in [0.15, 0.2) is 0 Å². The molecule has 2 N–H and O–H groups in total. The zero-order chi connectivity index (χ0) is 19.9. The number of hydrogen-bond acceptors (Lipinski definition) is 4. The summed E-state index contributed by atoms with van der Waals surface area (Å²) in [5.74, 6) is 0.740. The van der Waals surface area contributed by atoms with E-state index in [2.05, 4.69) is 32.9 Å². The number of aliphatic hydroxyl groups is 1. The Morgan fingerprint density at radius 3 is 2.41 bits per heavy atom. The summed E-state index contributed by atoms with van der Waals surface area (Å²) < 4.78 is 10.9. The first-order valence-electron chi connectivity index (χ1n) is 10.3. The zero-order valence-electron chi connectivity index (χ0n) is 17.3. The van der Waals surface area contributed by atoms with Gasteiger partial charge in [0.25, 0.3) is 0 Å². The molecule has 2 rings (SSSR count). The summed E-state index contributed by atoms with van der Waals surface area (Å²) in [6.07, 6.45) is 2.24. The van der Waals surface area contributed by atoms with Crippen LogP contribution in [-0.2, 0) is 14.9 Å². The summed E-state index contributed by atoms with van der Waals surface area (Å²) >= 11 is 0. The number of quaternary nitrogens is 1. The summed E-state index contributed by atoms with van der Waals surface area (Å²) in [7, 11) is 0. The van der Waals surface area contributed by atoms with Crippen LogP contribution in [0.1, 0.15) is 52.5 Å². The molecular weight excluding hydrogens is 342 g/mol. The number of piperidine rings is 1. The molecule has 1 fully saturated rings. The molecule has 27 heavy (non-hydrogen) atoms. The first-order valence-corrected chi connectivity index (χ1v) is 10.3. The molecule has 0 aliphatic carbocycles. The number of esters is 1. The largest absolute Gasteiger partial charge is 0.491 e. The molecular formula is C22H36NO4+. The van der Waals surface area contributed by atoms with Crippen molar-refractivity contribution in [3.8, 4) is 5.75 Å². The Morgan fingerprint density at radius 2 is 1.85 bits per heavy atom. The van der Waals surface area contributed by atoms with E-state index in [1.54, 1.807) is 0 Å². The number of hydrogen-bond donors (Lipinski definition) is 2. The fraction of sp³-hybridized carbons (Fsp3) is 0.682. The van der Waals surface area contributed by atoms with Gasteiger partial charge in [-0.1, -0.05) is 32.9 Å². The summed E-state index contributed by atoms with van der Waals surface area (Å²) in [5.41, 5.74) is 1.46. The monoisotopic (exact) mass is 378 g/mol. The third-order valence-electron chi connectivity index (χ3n) is 5.80. The van der Waals surface area contributed by atoms with Crippen molar-refractivity contribution in [3.05, 3.63) is 29.8 Å². The number of ether oxygens (including phenoxy) is 2. The van der Waals surface area contributed by atoms with Crippen molar-refractivity contribution in [2.24, 2.45) is 5.92 Å². The highest BCUT2D eigenvalue weighted by Gasteiger charge is 2.29. The van der Waals surface area contributed by atoms with E-state index in [1.807, 2.05) is 19.1 Å². The number of nitrogens with one attached hydrogen (secondary N) is 1. The average molecular weight is 379 g/mol. The van der Waals surface area contributed by atoms with Gasteiger partial charge in [-0.15, -0.1) is 0 Å². The van der Waals surface area contributed by atoms with Crippen LogP contribution in [0.15, 0.2) is 24.3 Å². The van der Waals surface area contributed by atoms with Crippen molar-refractivity contribution in [2.45, 2.75) is 58.5 Å². The molecule has 0 unspecified atom stereocenters. The maximum Gasteiger partial charge on any atom is 0.309 e. The number of aliphatic hydroxyl groups excluding tert-OH is 1. The molecule has 152 valence electrons. The lowest BCUT2D eigenvalue weighted by molar-refractivity contribution is -0.908. The second-order valence-corrected chi connectivity index (χ2v) is 8.21. The van der Waals surface area contributed by atoms with Crippen molar-refractivity contribution in [3.63, 3.8) is 0 Å². The SMILES string of the molecule is CCOC(=O)C1CC[NH+](C[C@@H](O)COc2ccc(C(C)(C)CC)cc2)CC1. The topological polar surface area (TPSA) is 60.2 Å². The first-order chi connectivity index (χ1) is 12.9. The zero-order valence-corrected chi connectivity index (χ0v) is 17.3. The molecule has 0 radical (unpaired) electrons. The Morgan fingerprint density at radius 1 is 1.22 bits per heavy atom. The van der Waals surface area contributed by atoms with Crippen molar-refractivity contribution in [1.82, 2.24) is 0 Å². The molecule has 0 spiro atoms. The van der Waals surface area contributed by atoms with Crippen LogP contribution in [-0.4, -0.2) is 50.0 Å². The van der Waals surface area contributed by atoms with Crippen molar-refractivity contribution >= 4 is 5.97 Å². The quantitative estimate of drug-likeness (QED) is 0.645. The lowest BCUT2D eigenvalue weighted by Crippen LogP contribution is -3.14. The van der Waals surface area contributed by atoms with Crippen LogP contribution < -0.4 is 9.64 Å². The van der Waals surface area contributed by atoms with E-state index >= 15 is 0 Å². The normalized spacial score (nSPS) is 21.5. The van der Waals surface area contributed by atoms with Crippen LogP contribution in [0.5, 0.6) is 5.75 Å². The summed E-state index contributed by atoms with van der Waals surface area (Å²) in [6, 6.07) is 8.18. The van der Waals surface area contributed by atoms with Gasteiger partial charge < -0.3 is 19.5 Å². The van der Waals surface area contributed by atoms with Crippen molar-refractivity contribution in [2.75, 3.05) is 32.8 Å². The van der Waals surface area contributed by atoms with Gasteiger partial charge in [-0.05, 0) is 36.5 Å². The van der Waals surface area contributed by atoms with Gasteiger partial charge in [-0.25, -0.2) is 0 Å². The van der Waals surface area contributed by atoms with Gasteiger partial charge in [-0.3, -0.25) is 4.79 Å². The Labute approximate surface area is 163 Å². The van der Waals surface area contributed by atoms with E-state index in [9.17, 15) is 9.90 Å². The molecule has 0 saturated carbocycles. The standard InChI is InChI=1S/C22H35NO4/c1-5-22(3,4)18-7-9-20(10-8-18)27-16-19(24)15-23-13-11-17(12-14-23)21(25)26-6-2/h7-10,17,19,24H,5-6,11-16H2,1-4H3/p+1/t19-/m1/s1. The van der Waals surface area contributed by atoms with Crippen LogP contribution in [0.4, 0.5) is 0 Å². The number of benzene rings is 1.